The van der Waals surface area contributed by atoms with Gasteiger partial charge in [-0.25, -0.2) is 4.79 Å². The number of amides is 2. The largest absolute Gasteiger partial charge is 0.485 e. The lowest BCUT2D eigenvalue weighted by molar-refractivity contribution is -0.138. The first-order chi connectivity index (χ1) is 12.2. The molecule has 3 rings (SSSR count). The highest BCUT2D eigenvalue weighted by atomic mass is 16.5. The number of carbonyl (C=O) groups is 2. The van der Waals surface area contributed by atoms with E-state index in [1.807, 2.05) is 36.4 Å². The van der Waals surface area contributed by atoms with Gasteiger partial charge in [-0.3, -0.25) is 9.78 Å². The number of hydrogen-bond acceptors (Lipinski definition) is 5. The number of ether oxygens (including phenoxy) is 2. The molecule has 1 aromatic heterocycles. The summed E-state index contributed by atoms with van der Waals surface area (Å²) in [6, 6.07) is 13.0. The fourth-order valence-electron chi connectivity index (χ4n) is 2.36. The van der Waals surface area contributed by atoms with Gasteiger partial charge in [0.1, 0.15) is 25.0 Å². The van der Waals surface area contributed by atoms with Gasteiger partial charge >= 0.3 is 6.09 Å². The van der Waals surface area contributed by atoms with Crippen LogP contribution in [0.5, 0.6) is 5.75 Å². The molecule has 25 heavy (non-hydrogen) atoms. The number of alkyl carbamates (subject to hydrolysis) is 1. The van der Waals surface area contributed by atoms with Crippen LogP contribution in [0, 0.1) is 0 Å². The molecule has 1 N–H and O–H groups in total. The van der Waals surface area contributed by atoms with E-state index >= 15 is 0 Å². The van der Waals surface area contributed by atoms with Crippen molar-refractivity contribution in [2.24, 2.45) is 0 Å². The Hall–Kier alpha value is -3.09. The maximum atomic E-state index is 12.0. The summed E-state index contributed by atoms with van der Waals surface area (Å²) in [5, 5.41) is 2.46. The Morgan fingerprint density at radius 3 is 2.68 bits per heavy atom. The third kappa shape index (κ3) is 4.94. The molecular formula is C18H19N3O4. The molecule has 0 radical (unpaired) electrons. The summed E-state index contributed by atoms with van der Waals surface area (Å²) in [6.45, 7) is 1.07. The van der Waals surface area contributed by atoms with E-state index in [1.54, 1.807) is 23.4 Å². The van der Waals surface area contributed by atoms with E-state index in [0.29, 0.717) is 18.8 Å². The fourth-order valence-corrected chi connectivity index (χ4v) is 2.36. The summed E-state index contributed by atoms with van der Waals surface area (Å²) in [5.74, 6) is 0.518. The number of benzene rings is 1. The lowest BCUT2D eigenvalue weighted by Crippen LogP contribution is -2.58. The van der Waals surface area contributed by atoms with E-state index in [9.17, 15) is 9.59 Å². The quantitative estimate of drug-likeness (QED) is 0.863. The first-order valence-electron chi connectivity index (χ1n) is 8.00. The Labute approximate surface area is 145 Å². The van der Waals surface area contributed by atoms with Gasteiger partial charge in [0, 0.05) is 6.20 Å². The summed E-state index contributed by atoms with van der Waals surface area (Å²) in [5.41, 5.74) is 0.891. The highest BCUT2D eigenvalue weighted by Gasteiger charge is 2.32. The summed E-state index contributed by atoms with van der Waals surface area (Å²) < 4.78 is 10.7. The molecule has 0 unspecified atom stereocenters. The minimum absolute atomic E-state index is 0.0433. The maximum Gasteiger partial charge on any atom is 0.407 e. The second kappa shape index (κ2) is 8.14. The standard InChI is InChI=1S/C18H19N3O4/c22-17(10-20-18(23)24-13-14-5-2-1-3-6-14)21-11-16(12-21)25-15-7-4-8-19-9-15/h1-9,16H,10-13H2,(H,20,23). The molecule has 1 saturated heterocycles. The van der Waals surface area contributed by atoms with Gasteiger partial charge in [-0.1, -0.05) is 30.3 Å². The van der Waals surface area contributed by atoms with E-state index in [0.717, 1.165) is 5.56 Å². The van der Waals surface area contributed by atoms with Crippen molar-refractivity contribution in [1.29, 1.82) is 0 Å². The molecule has 1 aliphatic rings. The van der Waals surface area contributed by atoms with E-state index in [2.05, 4.69) is 10.3 Å². The minimum Gasteiger partial charge on any atom is -0.485 e. The van der Waals surface area contributed by atoms with Crippen LogP contribution in [0.3, 0.4) is 0 Å². The highest BCUT2D eigenvalue weighted by molar-refractivity contribution is 5.82. The first kappa shape index (κ1) is 16.8. The molecule has 0 spiro atoms. The second-order valence-electron chi connectivity index (χ2n) is 5.64. The molecule has 0 bridgehead atoms. The van der Waals surface area contributed by atoms with Crippen molar-refractivity contribution in [3.8, 4) is 5.75 Å². The number of nitrogens with one attached hydrogen (secondary N) is 1. The summed E-state index contributed by atoms with van der Waals surface area (Å²) in [7, 11) is 0. The molecule has 0 aliphatic carbocycles. The van der Waals surface area contributed by atoms with Gasteiger partial charge in [0.05, 0.1) is 19.3 Å². The number of rotatable bonds is 6. The zero-order valence-corrected chi connectivity index (χ0v) is 13.6. The van der Waals surface area contributed by atoms with Gasteiger partial charge in [-0.15, -0.1) is 0 Å². The van der Waals surface area contributed by atoms with Crippen LogP contribution in [-0.2, 0) is 16.1 Å². The Morgan fingerprint density at radius 1 is 1.16 bits per heavy atom. The van der Waals surface area contributed by atoms with Crippen LogP contribution < -0.4 is 10.1 Å². The predicted octanol–water partition coefficient (Wildman–Crippen LogP) is 1.60. The van der Waals surface area contributed by atoms with Crippen LogP contribution >= 0.6 is 0 Å². The molecule has 2 aromatic rings. The van der Waals surface area contributed by atoms with Gasteiger partial charge in [0.15, 0.2) is 0 Å². The summed E-state index contributed by atoms with van der Waals surface area (Å²) in [6.07, 6.45) is 2.65. The third-order valence-electron chi connectivity index (χ3n) is 3.73. The van der Waals surface area contributed by atoms with Gasteiger partial charge in [0.25, 0.3) is 0 Å². The van der Waals surface area contributed by atoms with Crippen LogP contribution in [0.1, 0.15) is 5.56 Å². The molecule has 2 heterocycles. The van der Waals surface area contributed by atoms with Crippen molar-refractivity contribution in [1.82, 2.24) is 15.2 Å². The zero-order chi connectivity index (χ0) is 17.5. The third-order valence-corrected chi connectivity index (χ3v) is 3.73. The molecule has 0 saturated carbocycles. The van der Waals surface area contributed by atoms with Gasteiger partial charge < -0.3 is 19.7 Å². The number of carbonyl (C=O) groups excluding carboxylic acids is 2. The van der Waals surface area contributed by atoms with Crippen molar-refractivity contribution in [3.63, 3.8) is 0 Å². The number of hydrogen-bond donors (Lipinski definition) is 1. The van der Waals surface area contributed by atoms with Crippen LogP contribution in [0.15, 0.2) is 54.9 Å². The van der Waals surface area contributed by atoms with Gasteiger partial charge in [-0.2, -0.15) is 0 Å². The molecular weight excluding hydrogens is 322 g/mol. The first-order valence-corrected chi connectivity index (χ1v) is 8.00. The maximum absolute atomic E-state index is 12.0. The summed E-state index contributed by atoms with van der Waals surface area (Å²) >= 11 is 0. The van der Waals surface area contributed by atoms with Crippen molar-refractivity contribution >= 4 is 12.0 Å². The minimum atomic E-state index is -0.610. The van der Waals surface area contributed by atoms with Crippen LogP contribution in [0.4, 0.5) is 4.79 Å². The Morgan fingerprint density at radius 2 is 1.96 bits per heavy atom. The molecule has 2 amide bonds. The molecule has 1 fully saturated rings. The van der Waals surface area contributed by atoms with Crippen LogP contribution in [0.2, 0.25) is 0 Å². The number of pyridine rings is 1. The Kier molecular flexibility index (Phi) is 5.46. The fraction of sp³-hybridized carbons (Fsp3) is 0.278. The van der Waals surface area contributed by atoms with E-state index in [1.165, 1.54) is 0 Å². The van der Waals surface area contributed by atoms with Crippen molar-refractivity contribution in [2.75, 3.05) is 19.6 Å². The second-order valence-corrected chi connectivity index (χ2v) is 5.64. The monoisotopic (exact) mass is 341 g/mol. The average molecular weight is 341 g/mol. The normalized spacial score (nSPS) is 13.7. The van der Waals surface area contributed by atoms with Gasteiger partial charge in [0.2, 0.25) is 5.91 Å². The molecule has 1 aliphatic heterocycles. The zero-order valence-electron chi connectivity index (χ0n) is 13.6. The molecule has 7 nitrogen and oxygen atoms in total. The van der Waals surface area contributed by atoms with Crippen LogP contribution in [0.25, 0.3) is 0 Å². The molecule has 1 aromatic carbocycles. The topological polar surface area (TPSA) is 80.8 Å². The molecule has 130 valence electrons. The van der Waals surface area contributed by atoms with E-state index in [-0.39, 0.29) is 25.2 Å². The average Bonchev–Trinajstić information content (AvgIpc) is 2.62. The molecule has 7 heteroatoms. The van der Waals surface area contributed by atoms with Gasteiger partial charge in [-0.05, 0) is 17.7 Å². The number of nitrogens with zero attached hydrogens (tertiary/aromatic N) is 2. The Bertz CT molecular complexity index is 703. The van der Waals surface area contributed by atoms with E-state index in [4.69, 9.17) is 9.47 Å². The number of likely N-dealkylation sites (tertiary alicyclic amines) is 1. The highest BCUT2D eigenvalue weighted by Crippen LogP contribution is 2.16. The molecule has 0 atom stereocenters. The lowest BCUT2D eigenvalue weighted by Gasteiger charge is -2.38. The van der Waals surface area contributed by atoms with Crippen LogP contribution in [-0.4, -0.2) is 47.6 Å². The summed E-state index contributed by atoms with van der Waals surface area (Å²) in [4.78, 5) is 29.2. The smallest absolute Gasteiger partial charge is 0.407 e. The number of aromatic nitrogens is 1. The Balaban J connectivity index is 1.31. The van der Waals surface area contributed by atoms with E-state index < -0.39 is 6.09 Å². The predicted molar refractivity (Wildman–Crippen MR) is 89.9 cm³/mol. The van der Waals surface area contributed by atoms with Crippen molar-refractivity contribution in [2.45, 2.75) is 12.7 Å². The SMILES string of the molecule is O=C(NCC(=O)N1CC(Oc2cccnc2)C1)OCc1ccccc1. The lowest BCUT2D eigenvalue weighted by atomic mass is 10.1. The van der Waals surface area contributed by atoms with Crippen molar-refractivity contribution in [3.05, 3.63) is 60.4 Å². The van der Waals surface area contributed by atoms with Crippen molar-refractivity contribution < 1.29 is 19.1 Å².